The summed E-state index contributed by atoms with van der Waals surface area (Å²) in [7, 11) is 3.35. The fourth-order valence-corrected chi connectivity index (χ4v) is 0.966. The van der Waals surface area contributed by atoms with Gasteiger partial charge in [-0.25, -0.2) is 0 Å². The highest BCUT2D eigenvalue weighted by Gasteiger charge is 2.56. The third-order valence-corrected chi connectivity index (χ3v) is 1.87. The van der Waals surface area contributed by atoms with Crippen LogP contribution in [0.5, 0.6) is 0 Å². The minimum absolute atomic E-state index is 0.0790. The van der Waals surface area contributed by atoms with Crippen LogP contribution in [-0.4, -0.2) is 51.0 Å². The van der Waals surface area contributed by atoms with Gasteiger partial charge < -0.3 is 10.2 Å². The summed E-state index contributed by atoms with van der Waals surface area (Å²) in [6, 6.07) is 0. The Morgan fingerprint density at radius 2 is 1.44 bits per heavy atom. The van der Waals surface area contributed by atoms with Gasteiger partial charge in [-0.2, -0.15) is 26.3 Å². The third-order valence-electron chi connectivity index (χ3n) is 1.87. The second-order valence-electron chi connectivity index (χ2n) is 3.64. The Morgan fingerprint density at radius 1 is 1.00 bits per heavy atom. The summed E-state index contributed by atoms with van der Waals surface area (Å²) in [5.74, 6) is -3.30. The van der Waals surface area contributed by atoms with Crippen molar-refractivity contribution >= 4 is 0 Å². The zero-order valence-electron chi connectivity index (χ0n) is 8.91. The molecule has 0 fully saturated rings. The SMILES string of the molecule is CN(C)CCNCC(C(F)(F)F)C(F)(F)F. The van der Waals surface area contributed by atoms with Gasteiger partial charge in [-0.05, 0) is 14.1 Å². The predicted molar refractivity (Wildman–Crippen MR) is 47.0 cm³/mol. The lowest BCUT2D eigenvalue weighted by atomic mass is 10.1. The van der Waals surface area contributed by atoms with E-state index < -0.39 is 24.8 Å². The lowest BCUT2D eigenvalue weighted by molar-refractivity contribution is -0.281. The van der Waals surface area contributed by atoms with Gasteiger partial charge in [0.2, 0.25) is 0 Å². The molecule has 8 heteroatoms. The molecule has 0 aliphatic rings. The minimum atomic E-state index is -5.26. The van der Waals surface area contributed by atoms with Crippen LogP contribution >= 0.6 is 0 Å². The zero-order valence-corrected chi connectivity index (χ0v) is 8.91. The standard InChI is InChI=1S/C8H14F6N2/c1-16(2)4-3-15-5-6(7(9,10)11)8(12,13)14/h6,15H,3-5H2,1-2H3. The molecule has 0 heterocycles. The van der Waals surface area contributed by atoms with E-state index in [4.69, 9.17) is 0 Å². The van der Waals surface area contributed by atoms with Gasteiger partial charge in [0, 0.05) is 19.6 Å². The van der Waals surface area contributed by atoms with Crippen LogP contribution in [-0.2, 0) is 0 Å². The van der Waals surface area contributed by atoms with Crippen molar-refractivity contribution in [1.82, 2.24) is 10.2 Å². The summed E-state index contributed by atoms with van der Waals surface area (Å²) in [5, 5.41) is 2.15. The van der Waals surface area contributed by atoms with E-state index in [0.29, 0.717) is 6.54 Å². The van der Waals surface area contributed by atoms with Gasteiger partial charge in [0.15, 0.2) is 5.92 Å². The van der Waals surface area contributed by atoms with E-state index >= 15 is 0 Å². The van der Waals surface area contributed by atoms with E-state index in [1.807, 2.05) is 0 Å². The molecule has 0 aliphatic heterocycles. The predicted octanol–water partition coefficient (Wildman–Crippen LogP) is 1.88. The van der Waals surface area contributed by atoms with Gasteiger partial charge in [-0.3, -0.25) is 0 Å². The maximum atomic E-state index is 12.0. The van der Waals surface area contributed by atoms with Crippen LogP contribution in [0.2, 0.25) is 0 Å². The van der Waals surface area contributed by atoms with Crippen molar-refractivity contribution in [2.24, 2.45) is 5.92 Å². The molecule has 0 aromatic heterocycles. The van der Waals surface area contributed by atoms with E-state index in [-0.39, 0.29) is 6.54 Å². The number of hydrogen-bond acceptors (Lipinski definition) is 2. The van der Waals surface area contributed by atoms with Crippen LogP contribution in [0.3, 0.4) is 0 Å². The molecule has 0 radical (unpaired) electrons. The highest BCUT2D eigenvalue weighted by Crippen LogP contribution is 2.38. The molecule has 0 unspecified atom stereocenters. The summed E-state index contributed by atoms with van der Waals surface area (Å²) in [4.78, 5) is 1.66. The van der Waals surface area contributed by atoms with E-state index in [9.17, 15) is 26.3 Å². The Labute approximate surface area is 89.6 Å². The lowest BCUT2D eigenvalue weighted by Gasteiger charge is -2.23. The molecule has 0 bridgehead atoms. The summed E-state index contributed by atoms with van der Waals surface area (Å²) < 4.78 is 72.2. The zero-order chi connectivity index (χ0) is 13.0. The molecule has 0 saturated heterocycles. The van der Waals surface area contributed by atoms with Crippen LogP contribution in [0.25, 0.3) is 0 Å². The van der Waals surface area contributed by atoms with Crippen LogP contribution < -0.4 is 5.32 Å². The van der Waals surface area contributed by atoms with Gasteiger partial charge in [-0.15, -0.1) is 0 Å². The summed E-state index contributed by atoms with van der Waals surface area (Å²) in [6.07, 6.45) is -10.5. The van der Waals surface area contributed by atoms with Gasteiger partial charge in [-0.1, -0.05) is 0 Å². The van der Waals surface area contributed by atoms with Crippen molar-refractivity contribution in [3.8, 4) is 0 Å². The van der Waals surface area contributed by atoms with Crippen molar-refractivity contribution < 1.29 is 26.3 Å². The Bertz CT molecular complexity index is 184. The van der Waals surface area contributed by atoms with Crippen molar-refractivity contribution in [3.63, 3.8) is 0 Å². The molecule has 0 rings (SSSR count). The van der Waals surface area contributed by atoms with Crippen LogP contribution in [0, 0.1) is 5.92 Å². The fourth-order valence-electron chi connectivity index (χ4n) is 0.966. The van der Waals surface area contributed by atoms with Crippen molar-refractivity contribution in [3.05, 3.63) is 0 Å². The molecule has 16 heavy (non-hydrogen) atoms. The average molecular weight is 252 g/mol. The Kier molecular flexibility index (Phi) is 5.54. The number of alkyl halides is 6. The number of likely N-dealkylation sites (N-methyl/N-ethyl adjacent to an activating group) is 1. The van der Waals surface area contributed by atoms with Gasteiger partial charge in [0.05, 0.1) is 0 Å². The summed E-state index contributed by atoms with van der Waals surface area (Å²) in [5.41, 5.74) is 0. The average Bonchev–Trinajstić information content (AvgIpc) is 1.97. The van der Waals surface area contributed by atoms with Crippen molar-refractivity contribution in [1.29, 1.82) is 0 Å². The smallest absolute Gasteiger partial charge is 0.314 e. The molecule has 1 N–H and O–H groups in total. The van der Waals surface area contributed by atoms with Crippen LogP contribution in [0.1, 0.15) is 0 Å². The quantitative estimate of drug-likeness (QED) is 0.593. The van der Waals surface area contributed by atoms with E-state index in [1.165, 1.54) is 0 Å². The third kappa shape index (κ3) is 6.16. The molecule has 2 nitrogen and oxygen atoms in total. The monoisotopic (exact) mass is 252 g/mol. The van der Waals surface area contributed by atoms with Crippen molar-refractivity contribution in [2.45, 2.75) is 12.4 Å². The highest BCUT2D eigenvalue weighted by atomic mass is 19.4. The Hall–Kier alpha value is -0.500. The largest absolute Gasteiger partial charge is 0.401 e. The fraction of sp³-hybridized carbons (Fsp3) is 1.00. The molecule has 0 aromatic carbocycles. The summed E-state index contributed by atoms with van der Waals surface area (Å²) in [6.45, 7) is -0.682. The molecule has 0 saturated carbocycles. The second-order valence-corrected chi connectivity index (χ2v) is 3.64. The first kappa shape index (κ1) is 15.5. The summed E-state index contributed by atoms with van der Waals surface area (Å²) >= 11 is 0. The topological polar surface area (TPSA) is 15.3 Å². The normalized spacial score (nSPS) is 13.9. The first-order valence-electron chi connectivity index (χ1n) is 4.54. The number of rotatable bonds is 5. The highest BCUT2D eigenvalue weighted by molar-refractivity contribution is 4.77. The molecular weight excluding hydrogens is 238 g/mol. The Morgan fingerprint density at radius 3 is 1.75 bits per heavy atom. The van der Waals surface area contributed by atoms with Crippen molar-refractivity contribution in [2.75, 3.05) is 33.7 Å². The molecule has 98 valence electrons. The van der Waals surface area contributed by atoms with E-state index in [0.717, 1.165) is 0 Å². The maximum Gasteiger partial charge on any atom is 0.401 e. The second kappa shape index (κ2) is 5.72. The Balaban J connectivity index is 4.16. The number of nitrogens with one attached hydrogen (secondary N) is 1. The minimum Gasteiger partial charge on any atom is -0.314 e. The number of halogens is 6. The maximum absolute atomic E-state index is 12.0. The molecule has 0 aliphatic carbocycles. The first-order valence-corrected chi connectivity index (χ1v) is 4.54. The first-order chi connectivity index (χ1) is 7.05. The number of hydrogen-bond donors (Lipinski definition) is 1. The molecular formula is C8H14F6N2. The lowest BCUT2D eigenvalue weighted by Crippen LogP contribution is -2.44. The molecule has 0 aromatic rings. The van der Waals surface area contributed by atoms with Crippen LogP contribution in [0.4, 0.5) is 26.3 Å². The van der Waals surface area contributed by atoms with Crippen LogP contribution in [0.15, 0.2) is 0 Å². The van der Waals surface area contributed by atoms with Gasteiger partial charge in [0.1, 0.15) is 0 Å². The van der Waals surface area contributed by atoms with E-state index in [2.05, 4.69) is 5.32 Å². The van der Waals surface area contributed by atoms with Gasteiger partial charge in [0.25, 0.3) is 0 Å². The number of nitrogens with zero attached hydrogens (tertiary/aromatic N) is 1. The molecule has 0 spiro atoms. The molecule has 0 amide bonds. The van der Waals surface area contributed by atoms with E-state index in [1.54, 1.807) is 19.0 Å². The van der Waals surface area contributed by atoms with Gasteiger partial charge >= 0.3 is 12.4 Å². The molecule has 0 atom stereocenters.